The molecule has 2 saturated heterocycles. The molecule has 498 valence electrons. The van der Waals surface area contributed by atoms with Gasteiger partial charge in [0, 0.05) is 138 Å². The molecule has 9 aromatic rings. The summed E-state index contributed by atoms with van der Waals surface area (Å²) in [7, 11) is 6.94. The number of anilines is 6. The van der Waals surface area contributed by atoms with Crippen LogP contribution in [0.5, 0.6) is 0 Å². The Hall–Kier alpha value is -10.6. The van der Waals surface area contributed by atoms with Gasteiger partial charge < -0.3 is 51.3 Å². The molecule has 0 unspecified atom stereocenters. The summed E-state index contributed by atoms with van der Waals surface area (Å²) in [5.41, 5.74) is 6.20. The molecule has 0 spiro atoms. The highest BCUT2D eigenvalue weighted by molar-refractivity contribution is 7.99. The molecule has 2 fully saturated rings. The number of ether oxygens (including phenoxy) is 1. The zero-order chi connectivity index (χ0) is 68.7. The normalized spacial score (nSPS) is 13.4. The summed E-state index contributed by atoms with van der Waals surface area (Å²) in [4.78, 5) is 87.2. The summed E-state index contributed by atoms with van der Waals surface area (Å²) in [6.45, 7) is 5.91. The Morgan fingerprint density at radius 1 is 0.412 bits per heavy atom. The molecular weight excluding hydrogens is 1320 g/mol. The van der Waals surface area contributed by atoms with Crippen molar-refractivity contribution in [2.75, 3.05) is 103 Å². The van der Waals surface area contributed by atoms with E-state index in [1.165, 1.54) is 32.6 Å². The topological polar surface area (TPSA) is 307 Å². The average Bonchev–Trinajstić information content (AvgIpc) is 1.90. The lowest BCUT2D eigenvalue weighted by Crippen LogP contribution is -2.40. The molecule has 6 amide bonds. The van der Waals surface area contributed by atoms with Crippen LogP contribution in [0.2, 0.25) is 15.1 Å². The number of aryl methyl sites for hydroxylation is 3. The predicted molar refractivity (Wildman–Crippen MR) is 380 cm³/mol. The van der Waals surface area contributed by atoms with E-state index >= 15 is 0 Å². The Balaban J connectivity index is 0.000000158. The third-order valence-electron chi connectivity index (χ3n) is 15.5. The maximum atomic E-state index is 12.9. The Kier molecular flexibility index (Phi) is 23.0. The number of carbonyl (C=O) groups excluding carboxylic acids is 6. The van der Waals surface area contributed by atoms with Gasteiger partial charge in [0.15, 0.2) is 0 Å². The van der Waals surface area contributed by atoms with E-state index in [-0.39, 0.29) is 52.0 Å². The Morgan fingerprint density at radius 2 is 0.732 bits per heavy atom. The number of amidine groups is 3. The number of halogens is 3. The predicted octanol–water partition coefficient (Wildman–Crippen LogP) is 10.5. The SMILES string of the molecule is CN1CCN=C1c1ccc(C(=O)Nc2c(C(=O)Nc3ccc(Cl)cc3)cnn2C)cc1.Cn1ncc(C(=O)Nc2ccc(Cl)cc2)c1NC(=O)c1ccc(C(=N)N2CCOCC2)cc1.Cn1ncc(C(=O)Nc2ccc(Cl)cc2)c1NC(=O)c1ccc(C(=N)N2CCSCC2)cc1. The van der Waals surface area contributed by atoms with Crippen LogP contribution in [0.15, 0.2) is 169 Å². The highest BCUT2D eigenvalue weighted by Gasteiger charge is 2.25. The van der Waals surface area contributed by atoms with Gasteiger partial charge in [-0.25, -0.2) is 0 Å². The van der Waals surface area contributed by atoms with Crippen molar-refractivity contribution in [3.8, 4) is 0 Å². The molecule has 3 aliphatic rings. The molecule has 12 rings (SSSR count). The molecule has 3 aromatic heterocycles. The van der Waals surface area contributed by atoms with Gasteiger partial charge in [0.1, 0.15) is 51.7 Å². The second-order valence-electron chi connectivity index (χ2n) is 22.1. The number of benzene rings is 6. The lowest BCUT2D eigenvalue weighted by molar-refractivity contribution is 0.0680. The van der Waals surface area contributed by atoms with Crippen LogP contribution >= 0.6 is 46.6 Å². The van der Waals surface area contributed by atoms with Crippen LogP contribution in [-0.4, -0.2) is 168 Å². The van der Waals surface area contributed by atoms with Crippen molar-refractivity contribution in [3.05, 3.63) is 229 Å². The second kappa shape index (κ2) is 32.2. The van der Waals surface area contributed by atoms with Gasteiger partial charge in [0.2, 0.25) is 0 Å². The maximum absolute atomic E-state index is 12.9. The molecule has 29 heteroatoms. The average molecular weight is 1390 g/mol. The van der Waals surface area contributed by atoms with Gasteiger partial charge in [0.25, 0.3) is 35.4 Å². The number of aliphatic imine (C=N–C) groups is 1. The summed E-state index contributed by atoms with van der Waals surface area (Å²) in [5, 5.41) is 47.5. The van der Waals surface area contributed by atoms with E-state index in [0.717, 1.165) is 60.2 Å². The Morgan fingerprint density at radius 3 is 1.06 bits per heavy atom. The van der Waals surface area contributed by atoms with Crippen molar-refractivity contribution >= 4 is 134 Å². The van der Waals surface area contributed by atoms with Gasteiger partial charge in [-0.15, -0.1) is 0 Å². The largest absolute Gasteiger partial charge is 0.378 e. The van der Waals surface area contributed by atoms with E-state index in [1.54, 1.807) is 155 Å². The minimum absolute atomic E-state index is 0.228. The van der Waals surface area contributed by atoms with Gasteiger partial charge in [-0.05, 0) is 109 Å². The van der Waals surface area contributed by atoms with Crippen LogP contribution in [0.4, 0.5) is 34.5 Å². The zero-order valence-electron chi connectivity index (χ0n) is 53.0. The lowest BCUT2D eigenvalue weighted by atomic mass is 10.1. The fraction of sp³-hybridized carbons (Fsp3) is 0.206. The number of rotatable bonds is 15. The van der Waals surface area contributed by atoms with Crippen LogP contribution in [0.25, 0.3) is 0 Å². The zero-order valence-corrected chi connectivity index (χ0v) is 56.1. The first-order valence-electron chi connectivity index (χ1n) is 30.4. The number of thioether (sulfide) groups is 1. The molecule has 0 radical (unpaired) electrons. The van der Waals surface area contributed by atoms with E-state index in [2.05, 4.69) is 57.1 Å². The third kappa shape index (κ3) is 17.8. The van der Waals surface area contributed by atoms with E-state index in [9.17, 15) is 28.8 Å². The standard InChI is InChI=1S/C23H23ClN6O3.C23H23ClN6O2S.C22H21ClN6O2/c2*1-29-21(19(14-26-29)23(32)27-18-8-6-17(24)7-9-18)28-22(31)16-4-2-15(3-5-16)20(25)30-10-12-33-13-11-30;1-28-12-11-24-19(28)14-3-5-15(6-4-14)21(30)27-20-18(13-25-29(20)2)22(31)26-17-9-7-16(23)8-10-17/h2*2-9,14,25H,10-13H2,1H3,(H,27,32)(H,28,31);3-10,13H,11-12H2,1-2H3,(H,26,31)(H,27,30). The minimum Gasteiger partial charge on any atom is -0.378 e. The van der Waals surface area contributed by atoms with Crippen molar-refractivity contribution < 1.29 is 33.5 Å². The molecule has 0 aliphatic carbocycles. The molecule has 3 aliphatic heterocycles. The van der Waals surface area contributed by atoms with E-state index in [4.69, 9.17) is 50.4 Å². The molecule has 6 heterocycles. The van der Waals surface area contributed by atoms with Crippen LogP contribution in [-0.2, 0) is 25.9 Å². The summed E-state index contributed by atoms with van der Waals surface area (Å²) in [5.74, 6) is 2.40. The number of nitrogens with zero attached hydrogens (tertiary/aromatic N) is 10. The van der Waals surface area contributed by atoms with Crippen LogP contribution < -0.4 is 31.9 Å². The number of nitrogens with one attached hydrogen (secondary N) is 8. The van der Waals surface area contributed by atoms with E-state index in [0.29, 0.717) is 92.6 Å². The summed E-state index contributed by atoms with van der Waals surface area (Å²) in [6, 6.07) is 41.1. The van der Waals surface area contributed by atoms with Crippen LogP contribution in [0.1, 0.15) is 78.8 Å². The van der Waals surface area contributed by atoms with Gasteiger partial charge in [0.05, 0.1) is 38.3 Å². The molecule has 0 atom stereocenters. The number of aromatic nitrogens is 6. The number of amides is 6. The minimum atomic E-state index is -0.407. The number of hydrogen-bond acceptors (Lipinski definition) is 15. The van der Waals surface area contributed by atoms with Crippen molar-refractivity contribution in [2.24, 2.45) is 26.1 Å². The fourth-order valence-electron chi connectivity index (χ4n) is 10.1. The molecule has 0 bridgehead atoms. The van der Waals surface area contributed by atoms with Gasteiger partial charge in [-0.1, -0.05) is 71.2 Å². The highest BCUT2D eigenvalue weighted by Crippen LogP contribution is 2.25. The summed E-state index contributed by atoms with van der Waals surface area (Å²) >= 11 is 19.5. The molecule has 0 saturated carbocycles. The molecule has 25 nitrogen and oxygen atoms in total. The quantitative estimate of drug-likeness (QED) is 0.0350. The first-order chi connectivity index (χ1) is 46.8. The number of likely N-dealkylation sites (N-methyl/N-ethyl adjacent to an activating group) is 1. The van der Waals surface area contributed by atoms with Crippen molar-refractivity contribution in [1.29, 1.82) is 10.8 Å². The number of carbonyl (C=O) groups is 6. The van der Waals surface area contributed by atoms with Crippen LogP contribution in [0, 0.1) is 10.8 Å². The maximum Gasteiger partial charge on any atom is 0.261 e. The van der Waals surface area contributed by atoms with Crippen molar-refractivity contribution in [2.45, 2.75) is 0 Å². The lowest BCUT2D eigenvalue weighted by Gasteiger charge is -2.29. The number of hydrogen-bond donors (Lipinski definition) is 8. The van der Waals surface area contributed by atoms with Crippen molar-refractivity contribution in [3.63, 3.8) is 0 Å². The Labute approximate surface area is 577 Å². The Bertz CT molecular complexity index is 4190. The second-order valence-corrected chi connectivity index (χ2v) is 24.6. The summed E-state index contributed by atoms with van der Waals surface area (Å²) in [6.07, 6.45) is 4.22. The monoisotopic (exact) mass is 1380 g/mol. The molecular formula is C68H67Cl3N18O7S. The first kappa shape index (κ1) is 69.2. The molecule has 6 aromatic carbocycles. The van der Waals surface area contributed by atoms with Crippen LogP contribution in [0.3, 0.4) is 0 Å². The first-order valence-corrected chi connectivity index (χ1v) is 32.7. The summed E-state index contributed by atoms with van der Waals surface area (Å²) < 4.78 is 9.64. The van der Waals surface area contributed by atoms with Gasteiger partial charge in [-0.2, -0.15) is 27.1 Å². The number of morpholine rings is 1. The molecule has 8 N–H and O–H groups in total. The third-order valence-corrected chi connectivity index (χ3v) is 17.2. The van der Waals surface area contributed by atoms with Crippen molar-refractivity contribution in [1.82, 2.24) is 44.0 Å². The highest BCUT2D eigenvalue weighted by atomic mass is 35.5. The fourth-order valence-corrected chi connectivity index (χ4v) is 11.4. The van der Waals surface area contributed by atoms with E-state index < -0.39 is 11.8 Å². The van der Waals surface area contributed by atoms with Gasteiger partial charge in [-0.3, -0.25) is 58.6 Å². The smallest absolute Gasteiger partial charge is 0.261 e. The van der Waals surface area contributed by atoms with Gasteiger partial charge >= 0.3 is 0 Å². The van der Waals surface area contributed by atoms with E-state index in [1.807, 2.05) is 40.7 Å². The molecule has 97 heavy (non-hydrogen) atoms.